The van der Waals surface area contributed by atoms with Crippen LogP contribution >= 0.6 is 0 Å². The van der Waals surface area contributed by atoms with E-state index in [2.05, 4.69) is 51.3 Å². The summed E-state index contributed by atoms with van der Waals surface area (Å²) in [5.41, 5.74) is 3.05. The molecule has 2 aromatic heterocycles. The number of amidine groups is 1. The number of hydrazone groups is 1. The SMILES string of the molecule is Cn1c(CCC2=NN3C=CC=CC3N2)nc2c3ncccc3ccc21. The lowest BCUT2D eigenvalue weighted by molar-refractivity contribution is 0.349. The normalized spacial score (nSPS) is 18.7. The van der Waals surface area contributed by atoms with Gasteiger partial charge in [0.05, 0.1) is 11.0 Å². The fourth-order valence-electron chi connectivity index (χ4n) is 3.46. The first-order valence-electron chi connectivity index (χ1n) is 8.46. The van der Waals surface area contributed by atoms with Crippen molar-refractivity contribution in [3.8, 4) is 0 Å². The summed E-state index contributed by atoms with van der Waals surface area (Å²) in [7, 11) is 2.07. The van der Waals surface area contributed by atoms with Gasteiger partial charge in [0.2, 0.25) is 0 Å². The summed E-state index contributed by atoms with van der Waals surface area (Å²) in [5, 5.41) is 11.1. The molecule has 124 valence electrons. The molecule has 2 aliphatic rings. The minimum atomic E-state index is 0.147. The van der Waals surface area contributed by atoms with Crippen LogP contribution in [0.5, 0.6) is 0 Å². The minimum absolute atomic E-state index is 0.147. The van der Waals surface area contributed by atoms with Gasteiger partial charge in [-0.2, -0.15) is 5.10 Å². The Morgan fingerprint density at radius 1 is 1.12 bits per heavy atom. The fourth-order valence-corrected chi connectivity index (χ4v) is 3.46. The van der Waals surface area contributed by atoms with Gasteiger partial charge in [-0.25, -0.2) is 9.99 Å². The Bertz CT molecular complexity index is 1060. The first-order chi connectivity index (χ1) is 12.3. The Labute approximate surface area is 145 Å². The molecule has 0 aliphatic carbocycles. The zero-order chi connectivity index (χ0) is 16.8. The molecular weight excluding hydrogens is 312 g/mol. The van der Waals surface area contributed by atoms with Crippen molar-refractivity contribution in [3.05, 3.63) is 60.7 Å². The molecule has 0 spiro atoms. The predicted octanol–water partition coefficient (Wildman–Crippen LogP) is 2.68. The van der Waals surface area contributed by atoms with Gasteiger partial charge in [0, 0.05) is 37.7 Å². The van der Waals surface area contributed by atoms with Crippen LogP contribution in [0.2, 0.25) is 0 Å². The molecule has 25 heavy (non-hydrogen) atoms. The molecule has 0 fully saturated rings. The summed E-state index contributed by atoms with van der Waals surface area (Å²) in [6, 6.07) is 8.26. The number of nitrogens with one attached hydrogen (secondary N) is 1. The topological polar surface area (TPSA) is 58.3 Å². The molecular formula is C19H18N6. The fraction of sp³-hybridized carbons (Fsp3) is 0.211. The lowest BCUT2D eigenvalue weighted by atomic mass is 10.2. The van der Waals surface area contributed by atoms with E-state index in [0.29, 0.717) is 0 Å². The number of aromatic nitrogens is 3. The molecule has 0 bridgehead atoms. The van der Waals surface area contributed by atoms with Crippen molar-refractivity contribution in [3.63, 3.8) is 0 Å². The summed E-state index contributed by atoms with van der Waals surface area (Å²) in [6.07, 6.45) is 11.8. The standard InChI is InChI=1S/C19H18N6/c1-24-14-8-7-13-5-4-11-20-18(13)19(14)22-16(24)10-9-15-21-17-6-2-3-12-25(17)23-15/h2-8,11-12,17H,9-10H2,1H3,(H,21,23). The van der Waals surface area contributed by atoms with Crippen molar-refractivity contribution in [1.82, 2.24) is 24.9 Å². The van der Waals surface area contributed by atoms with Crippen molar-refractivity contribution in [1.29, 1.82) is 0 Å². The average molecular weight is 330 g/mol. The van der Waals surface area contributed by atoms with E-state index in [0.717, 1.165) is 46.4 Å². The maximum atomic E-state index is 4.87. The number of allylic oxidation sites excluding steroid dienone is 2. The molecule has 4 heterocycles. The zero-order valence-corrected chi connectivity index (χ0v) is 13.9. The number of hydrogen-bond acceptors (Lipinski definition) is 5. The molecule has 1 aromatic carbocycles. The van der Waals surface area contributed by atoms with Crippen molar-refractivity contribution in [2.24, 2.45) is 12.1 Å². The van der Waals surface area contributed by atoms with Crippen LogP contribution < -0.4 is 5.32 Å². The van der Waals surface area contributed by atoms with Crippen LogP contribution in [0, 0.1) is 0 Å². The van der Waals surface area contributed by atoms with Gasteiger partial charge in [0.25, 0.3) is 0 Å². The first-order valence-corrected chi connectivity index (χ1v) is 8.46. The van der Waals surface area contributed by atoms with Gasteiger partial charge in [-0.1, -0.05) is 18.2 Å². The number of imidazole rings is 1. The number of pyridine rings is 1. The third kappa shape index (κ3) is 2.29. The molecule has 6 heteroatoms. The molecule has 1 unspecified atom stereocenters. The Morgan fingerprint density at radius 2 is 2.08 bits per heavy atom. The lowest BCUT2D eigenvalue weighted by Crippen LogP contribution is -2.34. The molecule has 0 amide bonds. The number of fused-ring (bicyclic) bond motifs is 4. The van der Waals surface area contributed by atoms with Crippen molar-refractivity contribution < 1.29 is 0 Å². The van der Waals surface area contributed by atoms with Crippen molar-refractivity contribution in [2.45, 2.75) is 19.0 Å². The van der Waals surface area contributed by atoms with E-state index in [-0.39, 0.29) is 6.17 Å². The second-order valence-electron chi connectivity index (χ2n) is 6.34. The zero-order valence-electron chi connectivity index (χ0n) is 13.9. The minimum Gasteiger partial charge on any atom is -0.347 e. The smallest absolute Gasteiger partial charge is 0.140 e. The van der Waals surface area contributed by atoms with Gasteiger partial charge >= 0.3 is 0 Å². The molecule has 3 aromatic rings. The molecule has 1 atom stereocenters. The third-order valence-electron chi connectivity index (χ3n) is 4.78. The van der Waals surface area contributed by atoms with E-state index >= 15 is 0 Å². The maximum Gasteiger partial charge on any atom is 0.140 e. The second kappa shape index (κ2) is 5.44. The van der Waals surface area contributed by atoms with Crippen LogP contribution in [-0.2, 0) is 13.5 Å². The largest absolute Gasteiger partial charge is 0.347 e. The van der Waals surface area contributed by atoms with E-state index in [1.54, 1.807) is 0 Å². The molecule has 5 rings (SSSR count). The highest BCUT2D eigenvalue weighted by atomic mass is 15.6. The summed E-state index contributed by atoms with van der Waals surface area (Å²) >= 11 is 0. The number of hydrogen-bond donors (Lipinski definition) is 1. The van der Waals surface area contributed by atoms with E-state index < -0.39 is 0 Å². The van der Waals surface area contributed by atoms with Crippen molar-refractivity contribution in [2.75, 3.05) is 0 Å². The Morgan fingerprint density at radius 3 is 3.00 bits per heavy atom. The maximum absolute atomic E-state index is 4.87. The summed E-state index contributed by atoms with van der Waals surface area (Å²) in [5.74, 6) is 2.05. The predicted molar refractivity (Wildman–Crippen MR) is 98.8 cm³/mol. The van der Waals surface area contributed by atoms with Gasteiger partial charge in [-0.3, -0.25) is 4.98 Å². The number of aryl methyl sites for hydroxylation is 2. The number of nitrogens with zero attached hydrogens (tertiary/aromatic N) is 5. The van der Waals surface area contributed by atoms with Gasteiger partial charge in [-0.15, -0.1) is 0 Å². The van der Waals surface area contributed by atoms with E-state index in [4.69, 9.17) is 4.98 Å². The highest BCUT2D eigenvalue weighted by Crippen LogP contribution is 2.24. The highest BCUT2D eigenvalue weighted by molar-refractivity contribution is 6.01. The van der Waals surface area contributed by atoms with Crippen LogP contribution in [0.4, 0.5) is 0 Å². The third-order valence-corrected chi connectivity index (χ3v) is 4.78. The van der Waals surface area contributed by atoms with Gasteiger partial charge in [0.15, 0.2) is 0 Å². The summed E-state index contributed by atoms with van der Waals surface area (Å²) < 4.78 is 2.16. The van der Waals surface area contributed by atoms with E-state index in [9.17, 15) is 0 Å². The Hall–Kier alpha value is -3.15. The summed E-state index contributed by atoms with van der Waals surface area (Å²) in [6.45, 7) is 0. The quantitative estimate of drug-likeness (QED) is 0.802. The van der Waals surface area contributed by atoms with Gasteiger partial charge < -0.3 is 9.88 Å². The summed E-state index contributed by atoms with van der Waals surface area (Å²) in [4.78, 5) is 9.38. The molecule has 0 saturated heterocycles. The van der Waals surface area contributed by atoms with Gasteiger partial charge in [-0.05, 0) is 24.3 Å². The van der Waals surface area contributed by atoms with Crippen LogP contribution in [0.3, 0.4) is 0 Å². The van der Waals surface area contributed by atoms with Crippen LogP contribution in [0.15, 0.2) is 60.0 Å². The van der Waals surface area contributed by atoms with Crippen LogP contribution in [-0.4, -0.2) is 31.5 Å². The van der Waals surface area contributed by atoms with Crippen LogP contribution in [0.25, 0.3) is 21.9 Å². The first kappa shape index (κ1) is 14.2. The second-order valence-corrected chi connectivity index (χ2v) is 6.34. The molecule has 2 aliphatic heterocycles. The Balaban J connectivity index is 1.44. The number of rotatable bonds is 3. The van der Waals surface area contributed by atoms with E-state index in [1.807, 2.05) is 35.6 Å². The van der Waals surface area contributed by atoms with Gasteiger partial charge in [0.1, 0.15) is 23.3 Å². The monoisotopic (exact) mass is 330 g/mol. The highest BCUT2D eigenvalue weighted by Gasteiger charge is 2.23. The van der Waals surface area contributed by atoms with Crippen molar-refractivity contribution >= 4 is 27.8 Å². The lowest BCUT2D eigenvalue weighted by Gasteiger charge is -2.18. The average Bonchev–Trinajstić information content (AvgIpc) is 3.21. The van der Waals surface area contributed by atoms with E-state index in [1.165, 1.54) is 0 Å². The number of benzene rings is 1. The molecule has 1 N–H and O–H groups in total. The van der Waals surface area contributed by atoms with Crippen LogP contribution in [0.1, 0.15) is 12.2 Å². The molecule has 0 radical (unpaired) electrons. The molecule has 6 nitrogen and oxygen atoms in total. The Kier molecular flexibility index (Phi) is 3.09. The molecule has 0 saturated carbocycles.